The molecule has 0 aliphatic carbocycles. The van der Waals surface area contributed by atoms with Crippen LogP contribution in [0.1, 0.15) is 30.2 Å². The van der Waals surface area contributed by atoms with Gasteiger partial charge in [-0.05, 0) is 48.7 Å². The number of benzene rings is 1. The van der Waals surface area contributed by atoms with Crippen LogP contribution in [0.2, 0.25) is 0 Å². The number of carbonyl (C=O) groups is 2. The first-order valence-corrected chi connectivity index (χ1v) is 9.01. The third kappa shape index (κ3) is 4.39. The molecule has 0 spiro atoms. The van der Waals surface area contributed by atoms with Crippen molar-refractivity contribution in [3.63, 3.8) is 0 Å². The molecule has 3 rings (SSSR count). The Morgan fingerprint density at radius 2 is 1.96 bits per heavy atom. The lowest BCUT2D eigenvalue weighted by atomic mass is 9.94. The van der Waals surface area contributed by atoms with Crippen LogP contribution < -0.4 is 10.1 Å². The fourth-order valence-electron chi connectivity index (χ4n) is 3.32. The number of amides is 2. The van der Waals surface area contributed by atoms with Gasteiger partial charge < -0.3 is 19.4 Å². The molecule has 142 valence electrons. The number of nitrogens with zero attached hydrogens (tertiary/aromatic N) is 1. The zero-order valence-electron chi connectivity index (χ0n) is 15.4. The average molecular weight is 368 g/mol. The summed E-state index contributed by atoms with van der Waals surface area (Å²) < 4.78 is 10.8. The molecule has 0 saturated carbocycles. The van der Waals surface area contributed by atoms with Crippen molar-refractivity contribution in [2.45, 2.75) is 18.9 Å². The SMILES string of the molecule is C=CC(=O)N1CCC(C(=O)NC(c2ccc(OC)cc2)c2ccco2)CC1. The molecule has 1 atom stereocenters. The minimum atomic E-state index is -0.369. The Kier molecular flexibility index (Phi) is 5.96. The lowest BCUT2D eigenvalue weighted by Crippen LogP contribution is -2.43. The summed E-state index contributed by atoms with van der Waals surface area (Å²) in [6.45, 7) is 4.65. The summed E-state index contributed by atoms with van der Waals surface area (Å²) in [5, 5.41) is 3.10. The van der Waals surface area contributed by atoms with Gasteiger partial charge in [0, 0.05) is 19.0 Å². The van der Waals surface area contributed by atoms with Gasteiger partial charge in [-0.25, -0.2) is 0 Å². The molecule has 2 aromatic rings. The number of carbonyl (C=O) groups excluding carboxylic acids is 2. The van der Waals surface area contributed by atoms with Gasteiger partial charge in [0.15, 0.2) is 0 Å². The van der Waals surface area contributed by atoms with Gasteiger partial charge in [-0.1, -0.05) is 18.7 Å². The molecule has 1 aromatic heterocycles. The van der Waals surface area contributed by atoms with Crippen molar-refractivity contribution in [2.24, 2.45) is 5.92 Å². The van der Waals surface area contributed by atoms with Gasteiger partial charge in [0.25, 0.3) is 0 Å². The molecule has 1 fully saturated rings. The molecule has 1 aliphatic heterocycles. The first kappa shape index (κ1) is 18.8. The van der Waals surface area contributed by atoms with E-state index in [9.17, 15) is 9.59 Å². The number of hydrogen-bond donors (Lipinski definition) is 1. The highest BCUT2D eigenvalue weighted by Gasteiger charge is 2.29. The minimum absolute atomic E-state index is 0.0297. The van der Waals surface area contributed by atoms with Crippen LogP contribution in [0.15, 0.2) is 59.7 Å². The first-order valence-electron chi connectivity index (χ1n) is 9.01. The average Bonchev–Trinajstić information content (AvgIpc) is 3.26. The van der Waals surface area contributed by atoms with Crippen molar-refractivity contribution in [1.29, 1.82) is 0 Å². The summed E-state index contributed by atoms with van der Waals surface area (Å²) in [6.07, 6.45) is 4.19. The monoisotopic (exact) mass is 368 g/mol. The van der Waals surface area contributed by atoms with Crippen molar-refractivity contribution in [1.82, 2.24) is 10.2 Å². The van der Waals surface area contributed by atoms with E-state index in [1.54, 1.807) is 24.3 Å². The van der Waals surface area contributed by atoms with E-state index >= 15 is 0 Å². The fraction of sp³-hybridized carbons (Fsp3) is 0.333. The van der Waals surface area contributed by atoms with Gasteiger partial charge in [0.05, 0.1) is 13.4 Å². The van der Waals surface area contributed by atoms with Crippen LogP contribution in [0.3, 0.4) is 0 Å². The van der Waals surface area contributed by atoms with E-state index in [0.717, 1.165) is 11.3 Å². The maximum absolute atomic E-state index is 12.8. The van der Waals surface area contributed by atoms with Crippen LogP contribution >= 0.6 is 0 Å². The lowest BCUT2D eigenvalue weighted by molar-refractivity contribution is -0.132. The zero-order chi connectivity index (χ0) is 19.2. The van der Waals surface area contributed by atoms with Crippen LogP contribution in [-0.2, 0) is 9.59 Å². The number of likely N-dealkylation sites (tertiary alicyclic amines) is 1. The fourth-order valence-corrected chi connectivity index (χ4v) is 3.32. The molecule has 1 aromatic carbocycles. The third-order valence-electron chi connectivity index (χ3n) is 4.92. The highest BCUT2D eigenvalue weighted by molar-refractivity contribution is 5.87. The molecule has 27 heavy (non-hydrogen) atoms. The minimum Gasteiger partial charge on any atom is -0.497 e. The zero-order valence-corrected chi connectivity index (χ0v) is 15.4. The van der Waals surface area contributed by atoms with Gasteiger partial charge >= 0.3 is 0 Å². The van der Waals surface area contributed by atoms with E-state index in [2.05, 4.69) is 11.9 Å². The number of rotatable bonds is 6. The molecule has 2 heterocycles. The van der Waals surface area contributed by atoms with Gasteiger partial charge in [-0.3, -0.25) is 9.59 Å². The van der Waals surface area contributed by atoms with Crippen LogP contribution in [0, 0.1) is 5.92 Å². The smallest absolute Gasteiger partial charge is 0.245 e. The van der Waals surface area contributed by atoms with Crippen LogP contribution in [0.4, 0.5) is 0 Å². The highest BCUT2D eigenvalue weighted by atomic mass is 16.5. The molecule has 1 saturated heterocycles. The Hall–Kier alpha value is -3.02. The molecule has 1 N–H and O–H groups in total. The number of ether oxygens (including phenoxy) is 1. The second-order valence-electron chi connectivity index (χ2n) is 6.53. The maximum atomic E-state index is 12.8. The third-order valence-corrected chi connectivity index (χ3v) is 4.92. The van der Waals surface area contributed by atoms with Crippen molar-refractivity contribution in [3.05, 3.63) is 66.6 Å². The Morgan fingerprint density at radius 1 is 1.26 bits per heavy atom. The normalized spacial score (nSPS) is 15.8. The Morgan fingerprint density at radius 3 is 2.52 bits per heavy atom. The van der Waals surface area contributed by atoms with Crippen molar-refractivity contribution in [3.8, 4) is 5.75 Å². The standard InChI is InChI=1S/C21H24N2O4/c1-3-19(24)23-12-10-16(11-13-23)21(25)22-20(18-5-4-14-27-18)15-6-8-17(26-2)9-7-15/h3-9,14,16,20H,1,10-13H2,2H3,(H,22,25). The molecule has 2 amide bonds. The molecule has 6 heteroatoms. The number of furan rings is 1. The van der Waals surface area contributed by atoms with E-state index in [-0.39, 0.29) is 23.8 Å². The number of methoxy groups -OCH3 is 1. The van der Waals surface area contributed by atoms with Gasteiger partial charge in [0.1, 0.15) is 17.6 Å². The topological polar surface area (TPSA) is 71.8 Å². The number of hydrogen-bond acceptors (Lipinski definition) is 4. The molecular weight excluding hydrogens is 344 g/mol. The molecule has 0 bridgehead atoms. The molecule has 0 radical (unpaired) electrons. The summed E-state index contributed by atoms with van der Waals surface area (Å²) in [6, 6.07) is 10.8. The predicted octanol–water partition coefficient (Wildman–Crippen LogP) is 2.92. The van der Waals surface area contributed by atoms with Crippen LogP contribution in [-0.4, -0.2) is 36.9 Å². The molecule has 1 aliphatic rings. The summed E-state index contributed by atoms with van der Waals surface area (Å²) in [5.74, 6) is 1.18. The van der Waals surface area contributed by atoms with E-state index < -0.39 is 0 Å². The van der Waals surface area contributed by atoms with Crippen molar-refractivity contribution >= 4 is 11.8 Å². The van der Waals surface area contributed by atoms with Crippen LogP contribution in [0.5, 0.6) is 5.75 Å². The van der Waals surface area contributed by atoms with E-state index in [1.807, 2.05) is 30.3 Å². The maximum Gasteiger partial charge on any atom is 0.245 e. The van der Waals surface area contributed by atoms with Crippen molar-refractivity contribution in [2.75, 3.05) is 20.2 Å². The highest BCUT2D eigenvalue weighted by Crippen LogP contribution is 2.26. The molecule has 6 nitrogen and oxygen atoms in total. The molecular formula is C21H24N2O4. The summed E-state index contributed by atoms with van der Waals surface area (Å²) in [4.78, 5) is 26.3. The van der Waals surface area contributed by atoms with E-state index in [0.29, 0.717) is 31.7 Å². The number of nitrogens with one attached hydrogen (secondary N) is 1. The van der Waals surface area contributed by atoms with Gasteiger partial charge in [0.2, 0.25) is 11.8 Å². The Labute approximate surface area is 158 Å². The first-order chi connectivity index (χ1) is 13.1. The van der Waals surface area contributed by atoms with Crippen LogP contribution in [0.25, 0.3) is 0 Å². The second kappa shape index (κ2) is 8.58. The van der Waals surface area contributed by atoms with Crippen molar-refractivity contribution < 1.29 is 18.7 Å². The van der Waals surface area contributed by atoms with Gasteiger partial charge in [-0.15, -0.1) is 0 Å². The summed E-state index contributed by atoms with van der Waals surface area (Å²) >= 11 is 0. The predicted molar refractivity (Wildman–Crippen MR) is 101 cm³/mol. The van der Waals surface area contributed by atoms with E-state index in [4.69, 9.17) is 9.15 Å². The lowest BCUT2D eigenvalue weighted by Gasteiger charge is -2.31. The Balaban J connectivity index is 1.70. The number of piperidine rings is 1. The summed E-state index contributed by atoms with van der Waals surface area (Å²) in [7, 11) is 1.62. The summed E-state index contributed by atoms with van der Waals surface area (Å²) in [5.41, 5.74) is 0.915. The quantitative estimate of drug-likeness (QED) is 0.796. The molecule has 1 unspecified atom stereocenters. The Bertz CT molecular complexity index is 775. The largest absolute Gasteiger partial charge is 0.497 e. The van der Waals surface area contributed by atoms with Gasteiger partial charge in [-0.2, -0.15) is 0 Å². The van der Waals surface area contributed by atoms with E-state index in [1.165, 1.54) is 6.08 Å². The second-order valence-corrected chi connectivity index (χ2v) is 6.53.